The van der Waals surface area contributed by atoms with Crippen molar-refractivity contribution >= 4 is 11.9 Å². The molecule has 0 aromatic heterocycles. The fourth-order valence-electron chi connectivity index (χ4n) is 3.24. The molecule has 0 bridgehead atoms. The molecule has 0 radical (unpaired) electrons. The zero-order chi connectivity index (χ0) is 20.6. The van der Waals surface area contributed by atoms with Gasteiger partial charge in [0.15, 0.2) is 6.10 Å². The van der Waals surface area contributed by atoms with Crippen molar-refractivity contribution in [3.8, 4) is 5.75 Å². The number of carboxylic acids is 1. The third-order valence-corrected chi connectivity index (χ3v) is 4.77. The third kappa shape index (κ3) is 5.96. The van der Waals surface area contributed by atoms with Gasteiger partial charge in [-0.3, -0.25) is 4.79 Å². The van der Waals surface area contributed by atoms with Gasteiger partial charge in [0.1, 0.15) is 11.2 Å². The zero-order valence-electron chi connectivity index (χ0n) is 16.9. The Balaban J connectivity index is 2.95. The highest BCUT2D eigenvalue weighted by Crippen LogP contribution is 2.39. The predicted octanol–water partition coefficient (Wildman–Crippen LogP) is 3.45. The number of benzene rings is 1. The van der Waals surface area contributed by atoms with Crippen LogP contribution in [0, 0.1) is 11.3 Å². The summed E-state index contributed by atoms with van der Waals surface area (Å²) in [4.78, 5) is 24.3. The SMILES string of the molecule is CCOc1ccc(CCC[C@@](C(=O)OC(C)C)(C(C)C)[C@H](O)C(=O)O)cc1. The van der Waals surface area contributed by atoms with Gasteiger partial charge in [0.2, 0.25) is 0 Å². The standard InChI is InChI=1S/C21H32O6/c1-6-26-17-11-9-16(10-12-17)8-7-13-21(14(2)3,18(22)19(23)24)20(25)27-15(4)5/h9-12,14-15,18,22H,6-8,13H2,1-5H3,(H,23,24)/t18-,21-/m1/s1. The molecule has 0 fully saturated rings. The van der Waals surface area contributed by atoms with Gasteiger partial charge in [-0.15, -0.1) is 0 Å². The van der Waals surface area contributed by atoms with Gasteiger partial charge >= 0.3 is 11.9 Å². The lowest BCUT2D eigenvalue weighted by Crippen LogP contribution is -2.51. The Morgan fingerprint density at radius 3 is 2.15 bits per heavy atom. The molecule has 6 heteroatoms. The Morgan fingerprint density at radius 2 is 1.70 bits per heavy atom. The molecule has 2 atom stereocenters. The van der Waals surface area contributed by atoms with Crippen molar-refractivity contribution in [3.63, 3.8) is 0 Å². The van der Waals surface area contributed by atoms with Crippen LogP contribution < -0.4 is 4.74 Å². The quantitative estimate of drug-likeness (QED) is 0.571. The lowest BCUT2D eigenvalue weighted by molar-refractivity contribution is -0.183. The fraction of sp³-hybridized carbons (Fsp3) is 0.619. The van der Waals surface area contributed by atoms with Crippen LogP contribution in [-0.4, -0.2) is 41.0 Å². The first-order valence-corrected chi connectivity index (χ1v) is 9.48. The average molecular weight is 380 g/mol. The number of carbonyl (C=O) groups excluding carboxylic acids is 1. The molecule has 1 aromatic rings. The molecular weight excluding hydrogens is 348 g/mol. The molecule has 152 valence electrons. The summed E-state index contributed by atoms with van der Waals surface area (Å²) in [6.07, 6.45) is -0.783. The summed E-state index contributed by atoms with van der Waals surface area (Å²) in [5.41, 5.74) is -0.431. The summed E-state index contributed by atoms with van der Waals surface area (Å²) in [5, 5.41) is 19.7. The lowest BCUT2D eigenvalue weighted by Gasteiger charge is -2.38. The predicted molar refractivity (Wildman–Crippen MR) is 103 cm³/mol. The van der Waals surface area contributed by atoms with Crippen LogP contribution in [0.4, 0.5) is 0 Å². The van der Waals surface area contributed by atoms with Crippen LogP contribution in [0.2, 0.25) is 0 Å². The summed E-state index contributed by atoms with van der Waals surface area (Å²) >= 11 is 0. The second kappa shape index (κ2) is 10.3. The van der Waals surface area contributed by atoms with Crippen molar-refractivity contribution in [3.05, 3.63) is 29.8 Å². The minimum atomic E-state index is -1.82. The lowest BCUT2D eigenvalue weighted by atomic mass is 9.69. The molecule has 0 aliphatic heterocycles. The molecule has 0 amide bonds. The van der Waals surface area contributed by atoms with Crippen LogP contribution in [0.3, 0.4) is 0 Å². The summed E-state index contributed by atoms with van der Waals surface area (Å²) in [6, 6.07) is 7.66. The van der Waals surface area contributed by atoms with Crippen LogP contribution in [0.1, 0.15) is 53.0 Å². The molecule has 2 N–H and O–H groups in total. The Kier molecular flexibility index (Phi) is 8.76. The van der Waals surface area contributed by atoms with E-state index in [2.05, 4.69) is 0 Å². The summed E-state index contributed by atoms with van der Waals surface area (Å²) < 4.78 is 10.7. The number of carboxylic acid groups (broad SMARTS) is 1. The fourth-order valence-corrected chi connectivity index (χ4v) is 3.24. The smallest absolute Gasteiger partial charge is 0.333 e. The topological polar surface area (TPSA) is 93.1 Å². The van der Waals surface area contributed by atoms with E-state index in [1.807, 2.05) is 31.2 Å². The highest BCUT2D eigenvalue weighted by molar-refractivity contribution is 5.86. The Labute approximate surface area is 161 Å². The van der Waals surface area contributed by atoms with Crippen LogP contribution in [0.25, 0.3) is 0 Å². The van der Waals surface area contributed by atoms with Crippen molar-refractivity contribution in [1.82, 2.24) is 0 Å². The molecule has 6 nitrogen and oxygen atoms in total. The van der Waals surface area contributed by atoms with Gasteiger partial charge in [-0.25, -0.2) is 4.79 Å². The average Bonchev–Trinajstić information content (AvgIpc) is 2.58. The Bertz CT molecular complexity index is 608. The molecule has 1 aromatic carbocycles. The van der Waals surface area contributed by atoms with Crippen molar-refractivity contribution < 1.29 is 29.3 Å². The summed E-state index contributed by atoms with van der Waals surface area (Å²) in [5.74, 6) is -1.67. The normalized spacial score (nSPS) is 14.7. The minimum absolute atomic E-state index is 0.219. The first kappa shape index (κ1) is 23.0. The number of carbonyl (C=O) groups is 2. The van der Waals surface area contributed by atoms with Crippen molar-refractivity contribution in [2.45, 2.75) is 66.1 Å². The van der Waals surface area contributed by atoms with Gasteiger partial charge in [-0.05, 0) is 63.6 Å². The maximum Gasteiger partial charge on any atom is 0.333 e. The maximum atomic E-state index is 12.8. The Morgan fingerprint density at radius 1 is 1.11 bits per heavy atom. The van der Waals surface area contributed by atoms with Crippen LogP contribution in [0.15, 0.2) is 24.3 Å². The number of aliphatic hydroxyl groups excluding tert-OH is 1. The van der Waals surface area contributed by atoms with E-state index >= 15 is 0 Å². The maximum absolute atomic E-state index is 12.8. The second-order valence-electron chi connectivity index (χ2n) is 7.32. The first-order chi connectivity index (χ1) is 12.6. The van der Waals surface area contributed by atoms with E-state index in [1.165, 1.54) is 0 Å². The van der Waals surface area contributed by atoms with Gasteiger partial charge in [0.25, 0.3) is 0 Å². The van der Waals surface area contributed by atoms with E-state index in [0.29, 0.717) is 19.4 Å². The monoisotopic (exact) mass is 380 g/mol. The number of aliphatic hydroxyl groups is 1. The molecule has 1 rings (SSSR count). The molecule has 0 spiro atoms. The molecule has 0 aliphatic rings. The number of aliphatic carboxylic acids is 1. The number of esters is 1. The highest BCUT2D eigenvalue weighted by atomic mass is 16.5. The third-order valence-electron chi connectivity index (χ3n) is 4.77. The largest absolute Gasteiger partial charge is 0.494 e. The number of ether oxygens (including phenoxy) is 2. The van der Waals surface area contributed by atoms with Crippen molar-refractivity contribution in [2.24, 2.45) is 11.3 Å². The van der Waals surface area contributed by atoms with Gasteiger partial charge in [0, 0.05) is 0 Å². The summed E-state index contributed by atoms with van der Waals surface area (Å²) in [6.45, 7) is 9.41. The van der Waals surface area contributed by atoms with Gasteiger partial charge in [-0.1, -0.05) is 26.0 Å². The summed E-state index contributed by atoms with van der Waals surface area (Å²) in [7, 11) is 0. The van der Waals surface area contributed by atoms with Gasteiger partial charge in [-0.2, -0.15) is 0 Å². The van der Waals surface area contributed by atoms with Crippen molar-refractivity contribution in [2.75, 3.05) is 6.61 Å². The van der Waals surface area contributed by atoms with Crippen LogP contribution >= 0.6 is 0 Å². The first-order valence-electron chi connectivity index (χ1n) is 9.48. The number of aryl methyl sites for hydroxylation is 1. The zero-order valence-corrected chi connectivity index (χ0v) is 16.9. The minimum Gasteiger partial charge on any atom is -0.494 e. The molecular formula is C21H32O6. The molecule has 0 saturated heterocycles. The van der Waals surface area contributed by atoms with Crippen molar-refractivity contribution in [1.29, 1.82) is 0 Å². The molecule has 0 saturated carbocycles. The number of rotatable bonds is 11. The number of hydrogen-bond acceptors (Lipinski definition) is 5. The van der Waals surface area contributed by atoms with Gasteiger partial charge in [0.05, 0.1) is 12.7 Å². The van der Waals surface area contributed by atoms with E-state index in [1.54, 1.807) is 27.7 Å². The van der Waals surface area contributed by atoms with Crippen LogP contribution in [-0.2, 0) is 20.7 Å². The highest BCUT2D eigenvalue weighted by Gasteiger charge is 2.52. The Hall–Kier alpha value is -2.08. The molecule has 27 heavy (non-hydrogen) atoms. The van der Waals surface area contributed by atoms with Gasteiger partial charge < -0.3 is 19.7 Å². The van der Waals surface area contributed by atoms with E-state index in [9.17, 15) is 19.8 Å². The molecule has 0 unspecified atom stereocenters. The second-order valence-corrected chi connectivity index (χ2v) is 7.32. The van der Waals surface area contributed by atoms with E-state index in [-0.39, 0.29) is 12.5 Å². The molecule has 0 aliphatic carbocycles. The van der Waals surface area contributed by atoms with E-state index < -0.39 is 29.4 Å². The van der Waals surface area contributed by atoms with E-state index in [4.69, 9.17) is 9.47 Å². The number of hydrogen-bond donors (Lipinski definition) is 2. The van der Waals surface area contributed by atoms with Crippen LogP contribution in [0.5, 0.6) is 5.75 Å². The molecule has 0 heterocycles. The van der Waals surface area contributed by atoms with E-state index in [0.717, 1.165) is 11.3 Å².